The highest BCUT2D eigenvalue weighted by Gasteiger charge is 2.26. The Balaban J connectivity index is 1.75. The van der Waals surface area contributed by atoms with Crippen LogP contribution < -0.4 is 10.1 Å². The summed E-state index contributed by atoms with van der Waals surface area (Å²) in [5.74, 6) is 0.299. The number of imidazole rings is 1. The van der Waals surface area contributed by atoms with Gasteiger partial charge in [-0.25, -0.2) is 13.4 Å². The quantitative estimate of drug-likeness (QED) is 0.668. The fraction of sp³-hybridized carbons (Fsp3) is 0.474. The van der Waals surface area contributed by atoms with E-state index in [1.165, 1.54) is 35.3 Å². The van der Waals surface area contributed by atoms with Gasteiger partial charge in [0.15, 0.2) is 5.16 Å². The van der Waals surface area contributed by atoms with Gasteiger partial charge in [0.2, 0.25) is 15.9 Å². The number of carbonyl (C=O) groups is 1. The SMILES string of the molecule is COc1ccc(S(=O)(=O)N2CCCCCC2)cc1NC(=O)CSc1nccn1C. The van der Waals surface area contributed by atoms with Crippen LogP contribution >= 0.6 is 11.8 Å². The van der Waals surface area contributed by atoms with Crippen LogP contribution in [-0.4, -0.2) is 54.1 Å². The molecule has 8 nitrogen and oxygen atoms in total. The lowest BCUT2D eigenvalue weighted by Crippen LogP contribution is -2.32. The van der Waals surface area contributed by atoms with Gasteiger partial charge in [0.05, 0.1) is 23.4 Å². The first-order chi connectivity index (χ1) is 13.9. The van der Waals surface area contributed by atoms with Gasteiger partial charge >= 0.3 is 0 Å². The van der Waals surface area contributed by atoms with E-state index < -0.39 is 10.0 Å². The maximum Gasteiger partial charge on any atom is 0.243 e. The van der Waals surface area contributed by atoms with Crippen molar-refractivity contribution in [3.8, 4) is 5.75 Å². The summed E-state index contributed by atoms with van der Waals surface area (Å²) in [6, 6.07) is 4.58. The van der Waals surface area contributed by atoms with Crippen LogP contribution in [0.1, 0.15) is 25.7 Å². The number of benzene rings is 1. The first kappa shape index (κ1) is 21.7. The fourth-order valence-electron chi connectivity index (χ4n) is 3.18. The number of carbonyl (C=O) groups excluding carboxylic acids is 1. The zero-order chi connectivity index (χ0) is 20.9. The number of amides is 1. The Morgan fingerprint density at radius 2 is 1.97 bits per heavy atom. The fourth-order valence-corrected chi connectivity index (χ4v) is 5.46. The van der Waals surface area contributed by atoms with Crippen molar-refractivity contribution in [1.29, 1.82) is 0 Å². The molecule has 1 aromatic carbocycles. The van der Waals surface area contributed by atoms with E-state index in [9.17, 15) is 13.2 Å². The van der Waals surface area contributed by atoms with E-state index in [0.717, 1.165) is 30.8 Å². The van der Waals surface area contributed by atoms with Crippen molar-refractivity contribution in [3.05, 3.63) is 30.6 Å². The lowest BCUT2D eigenvalue weighted by molar-refractivity contribution is -0.113. The van der Waals surface area contributed by atoms with Crippen LogP contribution in [-0.2, 0) is 21.9 Å². The number of thioether (sulfide) groups is 1. The third-order valence-electron chi connectivity index (χ3n) is 4.76. The number of anilines is 1. The second-order valence-electron chi connectivity index (χ2n) is 6.84. The summed E-state index contributed by atoms with van der Waals surface area (Å²) >= 11 is 1.30. The standard InChI is InChI=1S/C19H26N4O4S2/c1-22-12-9-20-19(22)28-14-18(24)21-16-13-15(7-8-17(16)27-2)29(25,26)23-10-5-3-4-6-11-23/h7-9,12-13H,3-6,10-11,14H2,1-2H3,(H,21,24). The van der Waals surface area contributed by atoms with Gasteiger partial charge in [-0.1, -0.05) is 24.6 Å². The second kappa shape index (κ2) is 9.64. The highest BCUT2D eigenvalue weighted by molar-refractivity contribution is 7.99. The molecule has 1 aliphatic rings. The summed E-state index contributed by atoms with van der Waals surface area (Å²) in [6.07, 6.45) is 7.29. The van der Waals surface area contributed by atoms with Crippen LogP contribution in [0.5, 0.6) is 5.75 Å². The molecular weight excluding hydrogens is 412 g/mol. The zero-order valence-electron chi connectivity index (χ0n) is 16.6. The second-order valence-corrected chi connectivity index (χ2v) is 9.72. The predicted molar refractivity (Wildman–Crippen MR) is 113 cm³/mol. The molecule has 0 bridgehead atoms. The molecule has 10 heteroatoms. The van der Waals surface area contributed by atoms with Crippen molar-refractivity contribution in [1.82, 2.24) is 13.9 Å². The van der Waals surface area contributed by atoms with E-state index in [1.54, 1.807) is 18.5 Å². The van der Waals surface area contributed by atoms with E-state index in [0.29, 0.717) is 24.5 Å². The minimum atomic E-state index is -3.61. The van der Waals surface area contributed by atoms with Crippen LogP contribution in [0.25, 0.3) is 0 Å². The van der Waals surface area contributed by atoms with Crippen molar-refractivity contribution in [2.45, 2.75) is 35.7 Å². The van der Waals surface area contributed by atoms with Gasteiger partial charge in [-0.3, -0.25) is 4.79 Å². The summed E-state index contributed by atoms with van der Waals surface area (Å²) in [7, 11) is -0.277. The molecule has 0 unspecified atom stereocenters. The largest absolute Gasteiger partial charge is 0.495 e. The van der Waals surface area contributed by atoms with E-state index in [-0.39, 0.29) is 16.6 Å². The highest BCUT2D eigenvalue weighted by Crippen LogP contribution is 2.30. The van der Waals surface area contributed by atoms with Crippen molar-refractivity contribution in [3.63, 3.8) is 0 Å². The molecule has 1 amide bonds. The number of aromatic nitrogens is 2. The molecule has 1 N–H and O–H groups in total. The molecule has 1 saturated heterocycles. The Hall–Kier alpha value is -2.04. The van der Waals surface area contributed by atoms with Crippen LogP contribution in [0.4, 0.5) is 5.69 Å². The smallest absolute Gasteiger partial charge is 0.243 e. The van der Waals surface area contributed by atoms with E-state index >= 15 is 0 Å². The summed E-state index contributed by atoms with van der Waals surface area (Å²) in [6.45, 7) is 1.05. The van der Waals surface area contributed by atoms with E-state index in [2.05, 4.69) is 10.3 Å². The van der Waals surface area contributed by atoms with Gasteiger partial charge in [0.25, 0.3) is 0 Å². The molecule has 1 fully saturated rings. The first-order valence-corrected chi connectivity index (χ1v) is 11.9. The maximum absolute atomic E-state index is 13.1. The van der Waals surface area contributed by atoms with Crippen molar-refractivity contribution in [2.75, 3.05) is 31.3 Å². The van der Waals surface area contributed by atoms with Crippen LogP contribution in [0.15, 0.2) is 40.6 Å². The third kappa shape index (κ3) is 5.31. The average molecular weight is 439 g/mol. The Labute approximate surface area is 175 Å². The Kier molecular flexibility index (Phi) is 7.20. The van der Waals surface area contributed by atoms with Crippen molar-refractivity contribution in [2.24, 2.45) is 7.05 Å². The zero-order valence-corrected chi connectivity index (χ0v) is 18.3. The third-order valence-corrected chi connectivity index (χ3v) is 7.71. The number of hydrogen-bond donors (Lipinski definition) is 1. The van der Waals surface area contributed by atoms with Gasteiger partial charge in [-0.15, -0.1) is 0 Å². The van der Waals surface area contributed by atoms with Crippen molar-refractivity contribution >= 4 is 33.4 Å². The molecule has 1 aromatic heterocycles. The minimum absolute atomic E-state index is 0.150. The molecule has 0 radical (unpaired) electrons. The molecular formula is C19H26N4O4S2. The van der Waals surface area contributed by atoms with Gasteiger partial charge < -0.3 is 14.6 Å². The minimum Gasteiger partial charge on any atom is -0.495 e. The Morgan fingerprint density at radius 3 is 2.59 bits per heavy atom. The number of methoxy groups -OCH3 is 1. The number of hydrogen-bond acceptors (Lipinski definition) is 6. The molecule has 0 atom stereocenters. The number of sulfonamides is 1. The molecule has 0 saturated carbocycles. The number of nitrogens with zero attached hydrogens (tertiary/aromatic N) is 3. The molecule has 0 spiro atoms. The monoisotopic (exact) mass is 438 g/mol. The van der Waals surface area contributed by atoms with E-state index in [1.807, 2.05) is 11.6 Å². The normalized spacial score (nSPS) is 15.7. The topological polar surface area (TPSA) is 93.5 Å². The molecule has 1 aliphatic heterocycles. The van der Waals surface area contributed by atoms with Crippen LogP contribution in [0, 0.1) is 0 Å². The van der Waals surface area contributed by atoms with Crippen LogP contribution in [0.3, 0.4) is 0 Å². The number of nitrogens with one attached hydrogen (secondary N) is 1. The van der Waals surface area contributed by atoms with Gasteiger partial charge in [-0.2, -0.15) is 4.31 Å². The molecule has 2 heterocycles. The van der Waals surface area contributed by atoms with Gasteiger partial charge in [0.1, 0.15) is 5.75 Å². The molecule has 3 rings (SSSR count). The summed E-state index contributed by atoms with van der Waals surface area (Å²) < 4.78 is 34.8. The van der Waals surface area contributed by atoms with Gasteiger partial charge in [0, 0.05) is 32.5 Å². The highest BCUT2D eigenvalue weighted by atomic mass is 32.2. The Morgan fingerprint density at radius 1 is 1.24 bits per heavy atom. The molecule has 0 aliphatic carbocycles. The summed E-state index contributed by atoms with van der Waals surface area (Å²) in [5.41, 5.74) is 0.342. The first-order valence-electron chi connectivity index (χ1n) is 9.50. The van der Waals surface area contributed by atoms with Crippen molar-refractivity contribution < 1.29 is 17.9 Å². The summed E-state index contributed by atoms with van der Waals surface area (Å²) in [5, 5.41) is 3.49. The summed E-state index contributed by atoms with van der Waals surface area (Å²) in [4.78, 5) is 16.7. The molecule has 158 valence electrons. The van der Waals surface area contributed by atoms with Crippen LogP contribution in [0.2, 0.25) is 0 Å². The number of aryl methyl sites for hydroxylation is 1. The predicted octanol–water partition coefficient (Wildman–Crippen LogP) is 2.72. The average Bonchev–Trinajstić information content (AvgIpc) is 2.94. The maximum atomic E-state index is 13.1. The van der Waals surface area contributed by atoms with E-state index in [4.69, 9.17) is 4.74 Å². The number of ether oxygens (including phenoxy) is 1. The Bertz CT molecular complexity index is 951. The molecule has 2 aromatic rings. The van der Waals surface area contributed by atoms with Gasteiger partial charge in [-0.05, 0) is 31.0 Å². The number of rotatable bonds is 7. The molecule has 29 heavy (non-hydrogen) atoms. The lowest BCUT2D eigenvalue weighted by Gasteiger charge is -2.21. The lowest BCUT2D eigenvalue weighted by atomic mass is 10.2.